The number of carbonyl (C=O) groups excluding carboxylic acids is 1. The Balaban J connectivity index is 2.15. The molecular weight excluding hydrogens is 265 g/mol. The molecular formula is C18H16FNO. The van der Waals surface area contributed by atoms with Gasteiger partial charge in [-0.25, -0.2) is 4.39 Å². The molecule has 1 aliphatic carbocycles. The molecule has 0 bridgehead atoms. The van der Waals surface area contributed by atoms with Gasteiger partial charge in [0.1, 0.15) is 5.82 Å². The van der Waals surface area contributed by atoms with Gasteiger partial charge in [-0.1, -0.05) is 36.9 Å². The number of rotatable bonds is 3. The zero-order valence-electron chi connectivity index (χ0n) is 11.6. The number of fused-ring (bicyclic) bond motifs is 1. The lowest BCUT2D eigenvalue weighted by Crippen LogP contribution is -2.15. The van der Waals surface area contributed by atoms with E-state index in [1.807, 2.05) is 18.2 Å². The lowest BCUT2D eigenvalue weighted by Gasteiger charge is -2.16. The molecule has 0 spiro atoms. The van der Waals surface area contributed by atoms with Crippen LogP contribution < -0.4 is 5.73 Å². The van der Waals surface area contributed by atoms with Crippen LogP contribution in [0.15, 0.2) is 43.0 Å². The summed E-state index contributed by atoms with van der Waals surface area (Å²) < 4.78 is 14.1. The predicted octanol–water partition coefficient (Wildman–Crippen LogP) is 3.65. The minimum absolute atomic E-state index is 0.0121. The molecule has 2 nitrogen and oxygen atoms in total. The van der Waals surface area contributed by atoms with E-state index in [9.17, 15) is 9.18 Å². The fourth-order valence-corrected chi connectivity index (χ4v) is 3.16. The molecule has 21 heavy (non-hydrogen) atoms. The van der Waals surface area contributed by atoms with Crippen molar-refractivity contribution in [3.63, 3.8) is 0 Å². The fraction of sp³-hybridized carbons (Fsp3) is 0.167. The molecule has 0 saturated heterocycles. The van der Waals surface area contributed by atoms with E-state index < -0.39 is 5.91 Å². The zero-order chi connectivity index (χ0) is 15.0. The largest absolute Gasteiger partial charge is 0.366 e. The van der Waals surface area contributed by atoms with E-state index in [4.69, 9.17) is 5.73 Å². The minimum atomic E-state index is -0.445. The summed E-state index contributed by atoms with van der Waals surface area (Å²) in [5.41, 5.74) is 9.29. The van der Waals surface area contributed by atoms with Gasteiger partial charge in [-0.15, -0.1) is 0 Å². The zero-order valence-corrected chi connectivity index (χ0v) is 11.6. The standard InChI is InChI=1S/C18H16FNO/c1-2-11-9-16-13(7-8-14(16)17(19)10-11)12-5-3-4-6-15(12)18(20)21/h2-6,9-10,13H,1,7-8H2,(H2,20,21)/t13-/m1/s1. The van der Waals surface area contributed by atoms with E-state index in [1.165, 1.54) is 6.07 Å². The van der Waals surface area contributed by atoms with Crippen molar-refractivity contribution < 1.29 is 9.18 Å². The van der Waals surface area contributed by atoms with Crippen molar-refractivity contribution in [3.8, 4) is 0 Å². The van der Waals surface area contributed by atoms with E-state index in [1.54, 1.807) is 18.2 Å². The molecule has 1 atom stereocenters. The quantitative estimate of drug-likeness (QED) is 0.917. The average molecular weight is 281 g/mol. The number of primary amides is 1. The van der Waals surface area contributed by atoms with Gasteiger partial charge in [0.15, 0.2) is 0 Å². The monoisotopic (exact) mass is 281 g/mol. The van der Waals surface area contributed by atoms with Gasteiger partial charge in [-0.2, -0.15) is 0 Å². The Labute approximate surface area is 123 Å². The summed E-state index contributed by atoms with van der Waals surface area (Å²) in [4.78, 5) is 11.6. The molecule has 0 aromatic heterocycles. The highest BCUT2D eigenvalue weighted by Crippen LogP contribution is 2.41. The number of nitrogens with two attached hydrogens (primary N) is 1. The summed E-state index contributed by atoms with van der Waals surface area (Å²) >= 11 is 0. The van der Waals surface area contributed by atoms with E-state index in [-0.39, 0.29) is 11.7 Å². The van der Waals surface area contributed by atoms with Crippen molar-refractivity contribution >= 4 is 12.0 Å². The average Bonchev–Trinajstić information content (AvgIpc) is 2.91. The third-order valence-corrected chi connectivity index (χ3v) is 4.15. The second kappa shape index (κ2) is 5.17. The molecule has 0 heterocycles. The summed E-state index contributed by atoms with van der Waals surface area (Å²) in [7, 11) is 0. The van der Waals surface area contributed by atoms with Crippen LogP contribution in [-0.4, -0.2) is 5.91 Å². The summed E-state index contributed by atoms with van der Waals surface area (Å²) in [5, 5.41) is 0. The number of carbonyl (C=O) groups is 1. The van der Waals surface area contributed by atoms with Gasteiger partial charge in [-0.05, 0) is 47.2 Å². The Morgan fingerprint density at radius 2 is 2.05 bits per heavy atom. The maximum Gasteiger partial charge on any atom is 0.248 e. The molecule has 0 fully saturated rings. The second-order valence-electron chi connectivity index (χ2n) is 5.32. The molecule has 1 amide bonds. The summed E-state index contributed by atoms with van der Waals surface area (Å²) in [6.45, 7) is 3.70. The Hall–Kier alpha value is -2.42. The highest BCUT2D eigenvalue weighted by molar-refractivity contribution is 5.94. The van der Waals surface area contributed by atoms with Crippen LogP contribution in [0.5, 0.6) is 0 Å². The van der Waals surface area contributed by atoms with Gasteiger partial charge >= 0.3 is 0 Å². The van der Waals surface area contributed by atoms with Crippen LogP contribution >= 0.6 is 0 Å². The molecule has 1 aliphatic rings. The molecule has 0 saturated carbocycles. The van der Waals surface area contributed by atoms with Gasteiger partial charge in [0, 0.05) is 11.5 Å². The lowest BCUT2D eigenvalue weighted by atomic mass is 9.88. The van der Waals surface area contributed by atoms with E-state index in [0.717, 1.165) is 28.7 Å². The van der Waals surface area contributed by atoms with Crippen LogP contribution in [0.3, 0.4) is 0 Å². The summed E-state index contributed by atoms with van der Waals surface area (Å²) in [6.07, 6.45) is 3.10. The molecule has 2 N–H and O–H groups in total. The number of benzene rings is 2. The predicted molar refractivity (Wildman–Crippen MR) is 81.6 cm³/mol. The molecule has 0 radical (unpaired) electrons. The first-order valence-electron chi connectivity index (χ1n) is 6.95. The van der Waals surface area contributed by atoms with Crippen LogP contribution in [0.1, 0.15) is 45.0 Å². The Morgan fingerprint density at radius 1 is 1.29 bits per heavy atom. The number of amides is 1. The van der Waals surface area contributed by atoms with Gasteiger partial charge in [0.2, 0.25) is 5.91 Å². The van der Waals surface area contributed by atoms with Crippen molar-refractivity contribution in [1.29, 1.82) is 0 Å². The molecule has 3 rings (SSSR count). The molecule has 2 aromatic rings. The van der Waals surface area contributed by atoms with Crippen LogP contribution in [0.4, 0.5) is 4.39 Å². The SMILES string of the molecule is C=Cc1cc(F)c2c(c1)[C@@H](c1ccccc1C(N)=O)CC2. The third-order valence-electron chi connectivity index (χ3n) is 4.15. The lowest BCUT2D eigenvalue weighted by molar-refractivity contribution is 0.0999. The second-order valence-corrected chi connectivity index (χ2v) is 5.32. The van der Waals surface area contributed by atoms with Crippen molar-refractivity contribution in [2.45, 2.75) is 18.8 Å². The molecule has 0 aliphatic heterocycles. The Morgan fingerprint density at radius 3 is 2.76 bits per heavy atom. The molecule has 3 heteroatoms. The third kappa shape index (κ3) is 2.25. The van der Waals surface area contributed by atoms with Gasteiger partial charge < -0.3 is 5.73 Å². The van der Waals surface area contributed by atoms with Crippen LogP contribution in [0.2, 0.25) is 0 Å². The first-order chi connectivity index (χ1) is 10.1. The number of hydrogen-bond acceptors (Lipinski definition) is 1. The van der Waals surface area contributed by atoms with Crippen LogP contribution in [0, 0.1) is 5.82 Å². The maximum absolute atomic E-state index is 14.1. The van der Waals surface area contributed by atoms with Gasteiger partial charge in [0.05, 0.1) is 0 Å². The maximum atomic E-state index is 14.1. The van der Waals surface area contributed by atoms with Gasteiger partial charge in [0.25, 0.3) is 0 Å². The normalized spacial score (nSPS) is 16.5. The minimum Gasteiger partial charge on any atom is -0.366 e. The van der Waals surface area contributed by atoms with E-state index in [2.05, 4.69) is 6.58 Å². The molecule has 106 valence electrons. The highest BCUT2D eigenvalue weighted by atomic mass is 19.1. The van der Waals surface area contributed by atoms with Crippen molar-refractivity contribution in [3.05, 3.63) is 76.6 Å². The highest BCUT2D eigenvalue weighted by Gasteiger charge is 2.29. The molecule has 2 aromatic carbocycles. The first kappa shape index (κ1) is 13.6. The summed E-state index contributed by atoms with van der Waals surface area (Å²) in [5.74, 6) is -0.626. The first-order valence-corrected chi connectivity index (χ1v) is 6.95. The van der Waals surface area contributed by atoms with Crippen LogP contribution in [0.25, 0.3) is 6.08 Å². The van der Waals surface area contributed by atoms with Crippen LogP contribution in [-0.2, 0) is 6.42 Å². The smallest absolute Gasteiger partial charge is 0.248 e. The van der Waals surface area contributed by atoms with Crippen molar-refractivity contribution in [1.82, 2.24) is 0 Å². The van der Waals surface area contributed by atoms with E-state index >= 15 is 0 Å². The van der Waals surface area contributed by atoms with Gasteiger partial charge in [-0.3, -0.25) is 4.79 Å². The van der Waals surface area contributed by atoms with E-state index in [0.29, 0.717) is 12.0 Å². The number of hydrogen-bond donors (Lipinski definition) is 1. The Kier molecular flexibility index (Phi) is 3.34. The van der Waals surface area contributed by atoms with Crippen molar-refractivity contribution in [2.24, 2.45) is 5.73 Å². The molecule has 0 unspecified atom stereocenters. The number of halogens is 1. The van der Waals surface area contributed by atoms with Crippen molar-refractivity contribution in [2.75, 3.05) is 0 Å². The Bertz CT molecular complexity index is 736. The topological polar surface area (TPSA) is 43.1 Å². The fourth-order valence-electron chi connectivity index (χ4n) is 3.16. The summed E-state index contributed by atoms with van der Waals surface area (Å²) in [6, 6.07) is 10.8.